The molecule has 1 N–H and O–H groups in total. The quantitative estimate of drug-likeness (QED) is 0.472. The number of anilines is 1. The number of piperazine rings is 1. The third-order valence-corrected chi connectivity index (χ3v) is 6.54. The van der Waals surface area contributed by atoms with Crippen molar-refractivity contribution < 1.29 is 13.9 Å². The Morgan fingerprint density at radius 1 is 1.09 bits per heavy atom. The summed E-state index contributed by atoms with van der Waals surface area (Å²) >= 11 is 0. The van der Waals surface area contributed by atoms with Crippen LogP contribution in [-0.2, 0) is 11.2 Å². The number of amides is 1. The summed E-state index contributed by atoms with van der Waals surface area (Å²) in [5.41, 5.74) is 4.42. The van der Waals surface area contributed by atoms with Crippen LogP contribution in [0.5, 0.6) is 5.75 Å². The average Bonchev–Trinajstić information content (AvgIpc) is 3.25. The Morgan fingerprint density at radius 3 is 2.57 bits per heavy atom. The van der Waals surface area contributed by atoms with Crippen LogP contribution in [0.15, 0.2) is 52.9 Å². The zero-order valence-electron chi connectivity index (χ0n) is 21.0. The van der Waals surface area contributed by atoms with E-state index in [2.05, 4.69) is 51.3 Å². The van der Waals surface area contributed by atoms with E-state index in [0.717, 1.165) is 68.3 Å². The molecule has 0 radical (unpaired) electrons. The largest absolute Gasteiger partial charge is 0.497 e. The molecule has 1 aliphatic rings. The van der Waals surface area contributed by atoms with E-state index in [9.17, 15) is 4.79 Å². The fourth-order valence-corrected chi connectivity index (χ4v) is 4.43. The number of oxazole rings is 1. The van der Waals surface area contributed by atoms with Crippen LogP contribution in [0, 0.1) is 13.8 Å². The van der Waals surface area contributed by atoms with Gasteiger partial charge in [0.05, 0.1) is 12.8 Å². The van der Waals surface area contributed by atoms with Gasteiger partial charge < -0.3 is 19.4 Å². The molecule has 1 aliphatic heterocycles. The molecule has 1 fully saturated rings. The molecule has 4 rings (SSSR count). The number of aryl methyl sites for hydroxylation is 3. The van der Waals surface area contributed by atoms with Crippen molar-refractivity contribution in [3.8, 4) is 17.2 Å². The highest BCUT2D eigenvalue weighted by molar-refractivity contribution is 5.75. The van der Waals surface area contributed by atoms with Crippen molar-refractivity contribution >= 4 is 11.6 Å². The molecular weight excluding hydrogens is 440 g/mol. The summed E-state index contributed by atoms with van der Waals surface area (Å²) < 4.78 is 11.0. The molecule has 0 saturated carbocycles. The highest BCUT2D eigenvalue weighted by Crippen LogP contribution is 2.24. The SMILES string of the molecule is COc1ccc(-c2nc(CCCC(=O)NCCN3CCN(c4cccc(C)c4)CC3)c(C)o2)cc1. The Balaban J connectivity index is 1.13. The van der Waals surface area contributed by atoms with Gasteiger partial charge in [-0.05, 0) is 68.7 Å². The summed E-state index contributed by atoms with van der Waals surface area (Å²) in [6, 6.07) is 16.3. The van der Waals surface area contributed by atoms with E-state index in [1.54, 1.807) is 7.11 Å². The molecule has 0 aliphatic carbocycles. The lowest BCUT2D eigenvalue weighted by Gasteiger charge is -2.36. The van der Waals surface area contributed by atoms with E-state index in [1.165, 1.54) is 11.3 Å². The van der Waals surface area contributed by atoms with E-state index in [4.69, 9.17) is 9.15 Å². The second-order valence-electron chi connectivity index (χ2n) is 9.12. The van der Waals surface area contributed by atoms with Crippen LogP contribution in [0.4, 0.5) is 5.69 Å². The Labute approximate surface area is 208 Å². The summed E-state index contributed by atoms with van der Waals surface area (Å²) in [7, 11) is 1.65. The first-order chi connectivity index (χ1) is 17.0. The molecule has 3 aromatic rings. The predicted molar refractivity (Wildman–Crippen MR) is 139 cm³/mol. The third kappa shape index (κ3) is 6.85. The first-order valence-electron chi connectivity index (χ1n) is 12.4. The maximum absolute atomic E-state index is 12.3. The highest BCUT2D eigenvalue weighted by atomic mass is 16.5. The number of ether oxygens (including phenoxy) is 1. The van der Waals surface area contributed by atoms with Crippen molar-refractivity contribution in [1.82, 2.24) is 15.2 Å². The van der Waals surface area contributed by atoms with Crippen LogP contribution < -0.4 is 15.0 Å². The Hall–Kier alpha value is -3.32. The van der Waals surface area contributed by atoms with Crippen molar-refractivity contribution in [3.05, 3.63) is 65.5 Å². The van der Waals surface area contributed by atoms with Gasteiger partial charge in [-0.25, -0.2) is 4.98 Å². The van der Waals surface area contributed by atoms with Crippen molar-refractivity contribution in [2.45, 2.75) is 33.1 Å². The lowest BCUT2D eigenvalue weighted by Crippen LogP contribution is -2.48. The van der Waals surface area contributed by atoms with Gasteiger partial charge in [0.2, 0.25) is 11.8 Å². The van der Waals surface area contributed by atoms with Crippen molar-refractivity contribution in [2.75, 3.05) is 51.3 Å². The van der Waals surface area contributed by atoms with Crippen LogP contribution in [0.2, 0.25) is 0 Å². The van der Waals surface area contributed by atoms with Gasteiger partial charge in [0.1, 0.15) is 11.5 Å². The molecule has 0 bridgehead atoms. The number of rotatable bonds is 10. The predicted octanol–water partition coefficient (Wildman–Crippen LogP) is 4.23. The number of hydrogen-bond acceptors (Lipinski definition) is 6. The number of carbonyl (C=O) groups is 1. The summed E-state index contributed by atoms with van der Waals surface area (Å²) in [5.74, 6) is 2.31. The Bertz CT molecular complexity index is 1100. The summed E-state index contributed by atoms with van der Waals surface area (Å²) in [6.45, 7) is 9.72. The van der Waals surface area contributed by atoms with Crippen molar-refractivity contribution in [3.63, 3.8) is 0 Å². The summed E-state index contributed by atoms with van der Waals surface area (Å²) in [4.78, 5) is 21.8. The van der Waals surface area contributed by atoms with Gasteiger partial charge in [-0.1, -0.05) is 12.1 Å². The van der Waals surface area contributed by atoms with Gasteiger partial charge in [0, 0.05) is 56.9 Å². The van der Waals surface area contributed by atoms with Crippen molar-refractivity contribution in [1.29, 1.82) is 0 Å². The monoisotopic (exact) mass is 476 g/mol. The number of benzene rings is 2. The minimum absolute atomic E-state index is 0.0972. The molecule has 2 aromatic carbocycles. The molecule has 0 unspecified atom stereocenters. The molecule has 0 atom stereocenters. The lowest BCUT2D eigenvalue weighted by atomic mass is 10.1. The molecule has 0 spiro atoms. The van der Waals surface area contributed by atoms with Crippen LogP contribution in [0.25, 0.3) is 11.5 Å². The molecule has 7 nitrogen and oxygen atoms in total. The number of nitrogens with zero attached hydrogens (tertiary/aromatic N) is 3. The van der Waals surface area contributed by atoms with E-state index in [1.807, 2.05) is 31.2 Å². The minimum Gasteiger partial charge on any atom is -0.497 e. The number of methoxy groups -OCH3 is 1. The molecule has 35 heavy (non-hydrogen) atoms. The average molecular weight is 477 g/mol. The fourth-order valence-electron chi connectivity index (χ4n) is 4.43. The highest BCUT2D eigenvalue weighted by Gasteiger charge is 2.17. The van der Waals surface area contributed by atoms with Crippen LogP contribution >= 0.6 is 0 Å². The number of aromatic nitrogens is 1. The Kier molecular flexibility index (Phi) is 8.42. The second kappa shape index (κ2) is 11.9. The number of nitrogens with one attached hydrogen (secondary N) is 1. The van der Waals surface area contributed by atoms with Crippen molar-refractivity contribution in [2.24, 2.45) is 0 Å². The van der Waals surface area contributed by atoms with Gasteiger partial charge >= 0.3 is 0 Å². The van der Waals surface area contributed by atoms with Gasteiger partial charge in [-0.3, -0.25) is 9.69 Å². The first-order valence-corrected chi connectivity index (χ1v) is 12.4. The standard InChI is InChI=1S/C28H36N4O3/c1-21-6-4-7-24(20-21)32-18-16-31(17-19-32)15-14-29-27(33)9-5-8-26-22(2)35-28(30-26)23-10-12-25(34-3)13-11-23/h4,6-7,10-13,20H,5,8-9,14-19H2,1-3H3,(H,29,33). The van der Waals surface area contributed by atoms with Crippen LogP contribution in [0.3, 0.4) is 0 Å². The molecule has 1 aromatic heterocycles. The molecule has 2 heterocycles. The number of hydrogen-bond donors (Lipinski definition) is 1. The van der Waals surface area contributed by atoms with Gasteiger partial charge in [-0.15, -0.1) is 0 Å². The fraction of sp³-hybridized carbons (Fsp3) is 0.429. The summed E-state index contributed by atoms with van der Waals surface area (Å²) in [6.07, 6.45) is 1.96. The van der Waals surface area contributed by atoms with E-state index < -0.39 is 0 Å². The minimum atomic E-state index is 0.0972. The van der Waals surface area contributed by atoms with Gasteiger partial charge in [0.15, 0.2) is 0 Å². The van der Waals surface area contributed by atoms with Gasteiger partial charge in [-0.2, -0.15) is 0 Å². The molecule has 7 heteroatoms. The first kappa shape index (κ1) is 24.8. The van der Waals surface area contributed by atoms with Gasteiger partial charge in [0.25, 0.3) is 0 Å². The van der Waals surface area contributed by atoms with Crippen LogP contribution in [0.1, 0.15) is 29.9 Å². The molecular formula is C28H36N4O3. The lowest BCUT2D eigenvalue weighted by molar-refractivity contribution is -0.121. The zero-order valence-corrected chi connectivity index (χ0v) is 21.0. The normalized spacial score (nSPS) is 14.2. The van der Waals surface area contributed by atoms with E-state index in [-0.39, 0.29) is 5.91 Å². The zero-order chi connectivity index (χ0) is 24.6. The van der Waals surface area contributed by atoms with E-state index >= 15 is 0 Å². The second-order valence-corrected chi connectivity index (χ2v) is 9.12. The smallest absolute Gasteiger partial charge is 0.226 e. The maximum atomic E-state index is 12.3. The summed E-state index contributed by atoms with van der Waals surface area (Å²) in [5, 5.41) is 3.07. The van der Waals surface area contributed by atoms with E-state index in [0.29, 0.717) is 18.9 Å². The molecule has 1 saturated heterocycles. The molecule has 186 valence electrons. The number of carbonyl (C=O) groups excluding carboxylic acids is 1. The molecule has 1 amide bonds. The Morgan fingerprint density at radius 2 is 1.86 bits per heavy atom. The third-order valence-electron chi connectivity index (χ3n) is 6.54. The van der Waals surface area contributed by atoms with Crippen LogP contribution in [-0.4, -0.2) is 62.2 Å². The maximum Gasteiger partial charge on any atom is 0.226 e. The topological polar surface area (TPSA) is 70.8 Å².